The smallest absolute Gasteiger partial charge is 0.233 e. The first-order valence-corrected chi connectivity index (χ1v) is 13.9. The Morgan fingerprint density at radius 2 is 2.08 bits per heavy atom. The number of pyridine rings is 1. The third kappa shape index (κ3) is 5.62. The molecular weight excluding hydrogens is 497 g/mol. The van der Waals surface area contributed by atoms with Crippen LogP contribution in [0, 0.1) is 17.7 Å². The molecule has 0 radical (unpaired) electrons. The molecule has 0 spiro atoms. The number of nitrogens with zero attached hydrogens (tertiary/aromatic N) is 2. The molecule has 2 aliphatic rings. The lowest BCUT2D eigenvalue weighted by Crippen LogP contribution is -2.26. The van der Waals surface area contributed by atoms with Crippen molar-refractivity contribution in [2.24, 2.45) is 11.8 Å². The average Bonchev–Trinajstić information content (AvgIpc) is 3.59. The van der Waals surface area contributed by atoms with Gasteiger partial charge in [-0.2, -0.15) is 5.10 Å². The van der Waals surface area contributed by atoms with Crippen LogP contribution < -0.4 is 5.43 Å². The molecule has 3 atom stereocenters. The third-order valence-corrected chi connectivity index (χ3v) is 8.22. The second-order valence-electron chi connectivity index (χ2n) is 10.8. The van der Waals surface area contributed by atoms with E-state index in [9.17, 15) is 19.1 Å². The van der Waals surface area contributed by atoms with Crippen molar-refractivity contribution in [2.45, 2.75) is 64.8 Å². The highest BCUT2D eigenvalue weighted by Crippen LogP contribution is 2.38. The average molecular weight is 534 g/mol. The topological polar surface area (TPSA) is 97.2 Å². The molecule has 1 saturated heterocycles. The molecular formula is C31H36FN3O4. The number of carbonyl (C=O) groups is 1. The molecule has 2 aliphatic heterocycles. The summed E-state index contributed by atoms with van der Waals surface area (Å²) in [7, 11) is 0. The van der Waals surface area contributed by atoms with Crippen LogP contribution >= 0.6 is 0 Å². The van der Waals surface area contributed by atoms with Gasteiger partial charge in [0, 0.05) is 24.2 Å². The zero-order valence-electron chi connectivity index (χ0n) is 22.6. The molecule has 2 N–H and O–H groups in total. The van der Waals surface area contributed by atoms with E-state index >= 15 is 0 Å². The number of fused-ring (bicyclic) bond motifs is 3. The van der Waals surface area contributed by atoms with Crippen LogP contribution in [0.1, 0.15) is 79.3 Å². The fourth-order valence-corrected chi connectivity index (χ4v) is 5.99. The van der Waals surface area contributed by atoms with E-state index in [0.717, 1.165) is 30.5 Å². The molecule has 8 heteroatoms. The van der Waals surface area contributed by atoms with Gasteiger partial charge in [0.1, 0.15) is 11.5 Å². The number of rotatable bonds is 7. The maximum Gasteiger partial charge on any atom is 0.233 e. The van der Waals surface area contributed by atoms with Crippen molar-refractivity contribution in [3.8, 4) is 17.0 Å². The molecule has 0 saturated carbocycles. The van der Waals surface area contributed by atoms with E-state index < -0.39 is 11.2 Å². The molecule has 3 unspecified atom stereocenters. The second kappa shape index (κ2) is 11.7. The number of aryl methyl sites for hydroxylation is 2. The Hall–Kier alpha value is -3.52. The minimum atomic E-state index is -0.599. The van der Waals surface area contributed by atoms with Gasteiger partial charge in [-0.15, -0.1) is 0 Å². The van der Waals surface area contributed by atoms with Gasteiger partial charge in [-0.3, -0.25) is 14.7 Å². The quantitative estimate of drug-likeness (QED) is 0.396. The fourth-order valence-electron chi connectivity index (χ4n) is 5.99. The van der Waals surface area contributed by atoms with Crippen molar-refractivity contribution in [3.63, 3.8) is 0 Å². The SMILES string of the molecule is CC=Cc1ccc(CCCc2cc(-c3cn4c(c(O)c3=O)C(=O)CCC(CC)CC3COCC34)n[nH]2)c(F)c1. The van der Waals surface area contributed by atoms with E-state index in [0.29, 0.717) is 56.1 Å². The number of aromatic amines is 1. The first kappa shape index (κ1) is 27.1. The summed E-state index contributed by atoms with van der Waals surface area (Å²) in [5, 5.41) is 18.3. The number of hydrogen-bond acceptors (Lipinski definition) is 5. The van der Waals surface area contributed by atoms with Gasteiger partial charge in [0.15, 0.2) is 11.5 Å². The molecule has 3 aromatic rings. The van der Waals surface area contributed by atoms with Gasteiger partial charge in [-0.25, -0.2) is 4.39 Å². The molecule has 206 valence electrons. The number of halogens is 1. The summed E-state index contributed by atoms with van der Waals surface area (Å²) in [6, 6.07) is 6.92. The van der Waals surface area contributed by atoms with Gasteiger partial charge in [-0.1, -0.05) is 37.6 Å². The zero-order chi connectivity index (χ0) is 27.5. The highest BCUT2D eigenvalue weighted by molar-refractivity contribution is 5.97. The molecule has 0 amide bonds. The Morgan fingerprint density at radius 3 is 2.85 bits per heavy atom. The van der Waals surface area contributed by atoms with Crippen molar-refractivity contribution in [3.05, 3.63) is 75.1 Å². The molecule has 2 aromatic heterocycles. The van der Waals surface area contributed by atoms with Gasteiger partial charge in [0.05, 0.1) is 30.5 Å². The summed E-state index contributed by atoms with van der Waals surface area (Å²) in [6.45, 7) is 5.06. The second-order valence-corrected chi connectivity index (χ2v) is 10.8. The summed E-state index contributed by atoms with van der Waals surface area (Å²) in [4.78, 5) is 26.4. The zero-order valence-corrected chi connectivity index (χ0v) is 22.6. The standard InChI is InChI=1S/C31H36FN3O4/c1-3-6-20-9-11-21(25(32)14-20)7-5-8-23-15-26(34-33-23)24-16-35-27-18-39-17-22(27)13-19(4-2)10-12-28(36)29(35)31(38)30(24)37/h3,6,9,11,14-16,19,22,27,38H,4-5,7-8,10,12-13,17-18H2,1-2H3,(H,33,34). The maximum atomic E-state index is 14.4. The molecule has 7 nitrogen and oxygen atoms in total. The van der Waals surface area contributed by atoms with Crippen LogP contribution in [0.3, 0.4) is 0 Å². The molecule has 1 fully saturated rings. The number of hydrogen-bond donors (Lipinski definition) is 2. The van der Waals surface area contributed by atoms with E-state index in [4.69, 9.17) is 4.74 Å². The molecule has 5 rings (SSSR count). The van der Waals surface area contributed by atoms with Crippen molar-refractivity contribution in [1.29, 1.82) is 0 Å². The maximum absolute atomic E-state index is 14.4. The largest absolute Gasteiger partial charge is 0.503 e. The minimum Gasteiger partial charge on any atom is -0.503 e. The van der Waals surface area contributed by atoms with Crippen LogP contribution in [-0.4, -0.2) is 38.9 Å². The lowest BCUT2D eigenvalue weighted by Gasteiger charge is -2.25. The Morgan fingerprint density at radius 1 is 1.23 bits per heavy atom. The predicted molar refractivity (Wildman–Crippen MR) is 148 cm³/mol. The van der Waals surface area contributed by atoms with Crippen LogP contribution in [0.5, 0.6) is 5.75 Å². The fraction of sp³-hybridized carbons (Fsp3) is 0.452. The van der Waals surface area contributed by atoms with Crippen LogP contribution in [0.25, 0.3) is 17.3 Å². The van der Waals surface area contributed by atoms with Crippen LogP contribution in [0.4, 0.5) is 4.39 Å². The molecule has 1 aromatic carbocycles. The van der Waals surface area contributed by atoms with Gasteiger partial charge in [-0.05, 0) is 68.2 Å². The third-order valence-electron chi connectivity index (χ3n) is 8.22. The first-order chi connectivity index (χ1) is 18.9. The number of benzene rings is 1. The Bertz CT molecular complexity index is 1440. The van der Waals surface area contributed by atoms with Gasteiger partial charge in [0.2, 0.25) is 5.43 Å². The monoisotopic (exact) mass is 533 g/mol. The highest BCUT2D eigenvalue weighted by Gasteiger charge is 2.36. The number of aromatic hydroxyl groups is 1. The van der Waals surface area contributed by atoms with Gasteiger partial charge in [0.25, 0.3) is 0 Å². The number of Topliss-reactive ketones (excluding diaryl/α,β-unsaturated/α-hetero) is 1. The van der Waals surface area contributed by atoms with E-state index in [-0.39, 0.29) is 34.8 Å². The lowest BCUT2D eigenvalue weighted by molar-refractivity contribution is 0.0958. The number of allylic oxidation sites excluding steroid dienone is 1. The van der Waals surface area contributed by atoms with E-state index in [1.54, 1.807) is 22.9 Å². The van der Waals surface area contributed by atoms with E-state index in [1.165, 1.54) is 0 Å². The Kier molecular flexibility index (Phi) is 8.12. The van der Waals surface area contributed by atoms with Gasteiger partial charge < -0.3 is 14.4 Å². The van der Waals surface area contributed by atoms with Crippen molar-refractivity contribution in [1.82, 2.24) is 14.8 Å². The van der Waals surface area contributed by atoms with Crippen molar-refractivity contribution < 1.29 is 19.0 Å². The number of H-pyrrole nitrogens is 1. The molecule has 39 heavy (non-hydrogen) atoms. The predicted octanol–water partition coefficient (Wildman–Crippen LogP) is 5.87. The molecule has 0 bridgehead atoms. The van der Waals surface area contributed by atoms with E-state index in [2.05, 4.69) is 17.1 Å². The number of carbonyl (C=O) groups excluding carboxylic acids is 1. The summed E-state index contributed by atoms with van der Waals surface area (Å²) in [5.41, 5.74) is 2.45. The van der Waals surface area contributed by atoms with Crippen LogP contribution in [-0.2, 0) is 17.6 Å². The minimum absolute atomic E-state index is 0.0826. The van der Waals surface area contributed by atoms with Crippen LogP contribution in [0.2, 0.25) is 0 Å². The first-order valence-electron chi connectivity index (χ1n) is 13.9. The lowest BCUT2D eigenvalue weighted by atomic mass is 9.87. The van der Waals surface area contributed by atoms with Gasteiger partial charge >= 0.3 is 0 Å². The van der Waals surface area contributed by atoms with E-state index in [1.807, 2.05) is 31.2 Å². The van der Waals surface area contributed by atoms with Crippen molar-refractivity contribution >= 4 is 11.9 Å². The summed E-state index contributed by atoms with van der Waals surface area (Å²) in [6.07, 6.45) is 10.3. The summed E-state index contributed by atoms with van der Waals surface area (Å²) in [5.74, 6) is -0.336. The number of ether oxygens (including phenoxy) is 1. The molecule has 0 aliphatic carbocycles. The number of nitrogens with one attached hydrogen (secondary N) is 1. The number of ketones is 1. The van der Waals surface area contributed by atoms with Crippen molar-refractivity contribution in [2.75, 3.05) is 13.2 Å². The normalized spacial score (nSPS) is 21.4. The number of aromatic nitrogens is 3. The molecule has 4 heterocycles. The Labute approximate surface area is 227 Å². The summed E-state index contributed by atoms with van der Waals surface area (Å²) >= 11 is 0. The van der Waals surface area contributed by atoms with Crippen LogP contribution in [0.15, 0.2) is 41.3 Å². The highest BCUT2D eigenvalue weighted by atomic mass is 19.1. The Balaban J connectivity index is 1.38. The summed E-state index contributed by atoms with van der Waals surface area (Å²) < 4.78 is 22.0.